The minimum Gasteiger partial charge on any atom is -0.352 e. The van der Waals surface area contributed by atoms with Gasteiger partial charge in [-0.25, -0.2) is 0 Å². The van der Waals surface area contributed by atoms with E-state index in [0.29, 0.717) is 0 Å². The highest BCUT2D eigenvalue weighted by molar-refractivity contribution is 7.99. The molecule has 76 valence electrons. The molecule has 0 aromatic rings. The van der Waals surface area contributed by atoms with Gasteiger partial charge in [0.2, 0.25) is 5.91 Å². The van der Waals surface area contributed by atoms with Gasteiger partial charge in [0.15, 0.2) is 0 Å². The number of thioether (sulfide) groups is 1. The van der Waals surface area contributed by atoms with Gasteiger partial charge in [0.25, 0.3) is 0 Å². The molecule has 13 heavy (non-hydrogen) atoms. The number of hydrogen-bond donors (Lipinski definition) is 1. The van der Waals surface area contributed by atoms with E-state index < -0.39 is 0 Å². The summed E-state index contributed by atoms with van der Waals surface area (Å²) in [6.07, 6.45) is 0.00112. The number of carbonyl (C=O) groups excluding carboxylic acids is 2. The Bertz CT molecular complexity index is 182. The first-order chi connectivity index (χ1) is 6.06. The lowest BCUT2D eigenvalue weighted by molar-refractivity contribution is -0.127. The molecule has 0 aliphatic rings. The molecule has 0 fully saturated rings. The predicted molar refractivity (Wildman–Crippen MR) is 55.9 cm³/mol. The minimum absolute atomic E-state index is 0.00112. The highest BCUT2D eigenvalue weighted by atomic mass is 32.2. The zero-order valence-electron chi connectivity index (χ0n) is 8.42. The topological polar surface area (TPSA) is 46.2 Å². The Labute approximate surface area is 83.7 Å². The van der Waals surface area contributed by atoms with Crippen LogP contribution in [0, 0.1) is 0 Å². The zero-order chi connectivity index (χ0) is 10.3. The molecular weight excluding hydrogens is 186 g/mol. The molecule has 1 N–H and O–H groups in total. The van der Waals surface area contributed by atoms with Crippen LogP contribution in [-0.4, -0.2) is 29.2 Å². The smallest absolute Gasteiger partial charge is 0.227 e. The average Bonchev–Trinajstić information content (AvgIpc) is 1.98. The molecular formula is C9H17NO2S. The van der Waals surface area contributed by atoms with Gasteiger partial charge < -0.3 is 5.32 Å². The molecule has 1 unspecified atom stereocenters. The fourth-order valence-electron chi connectivity index (χ4n) is 0.888. The van der Waals surface area contributed by atoms with E-state index in [0.717, 1.165) is 11.5 Å². The van der Waals surface area contributed by atoms with Crippen molar-refractivity contribution in [3.8, 4) is 0 Å². The Morgan fingerprint density at radius 3 is 2.54 bits per heavy atom. The molecule has 1 amide bonds. The summed E-state index contributed by atoms with van der Waals surface area (Å²) in [5.41, 5.74) is 0. The number of carbonyl (C=O) groups is 2. The average molecular weight is 203 g/mol. The number of Topliss-reactive ketones (excluding diaryl/α,β-unsaturated/α-hetero) is 1. The van der Waals surface area contributed by atoms with Crippen LogP contribution >= 0.6 is 11.8 Å². The van der Waals surface area contributed by atoms with Gasteiger partial charge in [-0.1, -0.05) is 6.92 Å². The molecule has 0 aliphatic carbocycles. The molecule has 0 aromatic heterocycles. The normalized spacial score (nSPS) is 12.2. The number of amides is 1. The van der Waals surface area contributed by atoms with Crippen molar-refractivity contribution in [2.75, 3.05) is 11.5 Å². The molecule has 0 aromatic carbocycles. The first kappa shape index (κ1) is 12.5. The summed E-state index contributed by atoms with van der Waals surface area (Å²) in [6.45, 7) is 5.44. The number of hydrogen-bond acceptors (Lipinski definition) is 3. The van der Waals surface area contributed by atoms with Gasteiger partial charge in [0.05, 0.1) is 6.42 Å². The molecule has 0 aliphatic heterocycles. The second kappa shape index (κ2) is 6.95. The molecule has 1 atom stereocenters. The second-order valence-electron chi connectivity index (χ2n) is 3.01. The Hall–Kier alpha value is -0.510. The van der Waals surface area contributed by atoms with Crippen molar-refractivity contribution in [3.05, 3.63) is 0 Å². The van der Waals surface area contributed by atoms with Crippen molar-refractivity contribution in [3.63, 3.8) is 0 Å². The summed E-state index contributed by atoms with van der Waals surface area (Å²) in [6, 6.07) is 0.150. The van der Waals surface area contributed by atoms with E-state index >= 15 is 0 Å². The second-order valence-corrected chi connectivity index (χ2v) is 4.33. The Kier molecular flexibility index (Phi) is 6.68. The van der Waals surface area contributed by atoms with Crippen LogP contribution in [0.2, 0.25) is 0 Å². The molecule has 0 radical (unpaired) electrons. The lowest BCUT2D eigenvalue weighted by Gasteiger charge is -2.11. The maximum absolute atomic E-state index is 11.1. The maximum atomic E-state index is 11.1. The third kappa shape index (κ3) is 7.84. The van der Waals surface area contributed by atoms with Crippen molar-refractivity contribution < 1.29 is 9.59 Å². The SMILES string of the molecule is CCSCC(C)NC(=O)CC(C)=O. The van der Waals surface area contributed by atoms with Gasteiger partial charge in [-0.2, -0.15) is 11.8 Å². The van der Waals surface area contributed by atoms with Crippen LogP contribution in [-0.2, 0) is 9.59 Å². The fourth-order valence-corrected chi connectivity index (χ4v) is 1.56. The lowest BCUT2D eigenvalue weighted by atomic mass is 10.3. The monoisotopic (exact) mass is 203 g/mol. The molecule has 0 saturated heterocycles. The van der Waals surface area contributed by atoms with Gasteiger partial charge >= 0.3 is 0 Å². The van der Waals surface area contributed by atoms with Crippen LogP contribution in [0.3, 0.4) is 0 Å². The van der Waals surface area contributed by atoms with Gasteiger partial charge in [0, 0.05) is 11.8 Å². The molecule has 0 spiro atoms. The fraction of sp³-hybridized carbons (Fsp3) is 0.778. The van der Waals surface area contributed by atoms with Crippen LogP contribution in [0.1, 0.15) is 27.2 Å². The number of rotatable bonds is 6. The Morgan fingerprint density at radius 1 is 1.46 bits per heavy atom. The molecule has 0 heterocycles. The van der Waals surface area contributed by atoms with Crippen molar-refractivity contribution >= 4 is 23.5 Å². The summed E-state index contributed by atoms with van der Waals surface area (Å²) >= 11 is 1.78. The first-order valence-electron chi connectivity index (χ1n) is 4.42. The highest BCUT2D eigenvalue weighted by Crippen LogP contribution is 2.01. The summed E-state index contributed by atoms with van der Waals surface area (Å²) in [4.78, 5) is 21.7. The molecule has 4 heteroatoms. The molecule has 3 nitrogen and oxygen atoms in total. The van der Waals surface area contributed by atoms with Crippen LogP contribution in [0.15, 0.2) is 0 Å². The molecule has 0 saturated carbocycles. The summed E-state index contributed by atoms with van der Waals surface area (Å²) in [5.74, 6) is 1.69. The quantitative estimate of drug-likeness (QED) is 0.660. The van der Waals surface area contributed by atoms with Crippen molar-refractivity contribution in [1.82, 2.24) is 5.32 Å². The minimum atomic E-state index is -0.170. The zero-order valence-corrected chi connectivity index (χ0v) is 9.24. The highest BCUT2D eigenvalue weighted by Gasteiger charge is 2.08. The van der Waals surface area contributed by atoms with Gasteiger partial charge in [-0.3, -0.25) is 9.59 Å². The largest absolute Gasteiger partial charge is 0.352 e. The third-order valence-corrected chi connectivity index (χ3v) is 2.53. The number of ketones is 1. The van der Waals surface area contributed by atoms with E-state index in [4.69, 9.17) is 0 Å². The molecule has 0 bridgehead atoms. The van der Waals surface area contributed by atoms with E-state index in [1.165, 1.54) is 6.92 Å². The summed E-state index contributed by atoms with van der Waals surface area (Å²) in [5, 5.41) is 2.77. The Morgan fingerprint density at radius 2 is 2.08 bits per heavy atom. The van der Waals surface area contributed by atoms with Gasteiger partial charge in [-0.15, -0.1) is 0 Å². The standard InChI is InChI=1S/C9H17NO2S/c1-4-13-6-7(2)10-9(12)5-8(3)11/h7H,4-6H2,1-3H3,(H,10,12). The summed E-state index contributed by atoms with van der Waals surface area (Å²) < 4.78 is 0. The van der Waals surface area contributed by atoms with Gasteiger partial charge in [0.1, 0.15) is 5.78 Å². The first-order valence-corrected chi connectivity index (χ1v) is 5.58. The van der Waals surface area contributed by atoms with E-state index in [2.05, 4.69) is 12.2 Å². The van der Waals surface area contributed by atoms with Crippen LogP contribution < -0.4 is 5.32 Å². The molecule has 0 rings (SSSR count). The van der Waals surface area contributed by atoms with Crippen LogP contribution in [0.25, 0.3) is 0 Å². The van der Waals surface area contributed by atoms with Gasteiger partial charge in [-0.05, 0) is 19.6 Å². The van der Waals surface area contributed by atoms with Crippen molar-refractivity contribution in [2.24, 2.45) is 0 Å². The number of nitrogens with one attached hydrogen (secondary N) is 1. The van der Waals surface area contributed by atoms with Crippen LogP contribution in [0.4, 0.5) is 0 Å². The predicted octanol–water partition coefficient (Wildman–Crippen LogP) is 1.22. The maximum Gasteiger partial charge on any atom is 0.227 e. The van der Waals surface area contributed by atoms with E-state index in [1.807, 2.05) is 6.92 Å². The summed E-state index contributed by atoms with van der Waals surface area (Å²) in [7, 11) is 0. The lowest BCUT2D eigenvalue weighted by Crippen LogP contribution is -2.35. The van der Waals surface area contributed by atoms with Crippen molar-refractivity contribution in [1.29, 1.82) is 0 Å². The van der Waals surface area contributed by atoms with E-state index in [-0.39, 0.29) is 24.2 Å². The Balaban J connectivity index is 3.59. The van der Waals surface area contributed by atoms with Crippen molar-refractivity contribution in [2.45, 2.75) is 33.2 Å². The van der Waals surface area contributed by atoms with Crippen LogP contribution in [0.5, 0.6) is 0 Å². The van der Waals surface area contributed by atoms with E-state index in [1.54, 1.807) is 11.8 Å². The van der Waals surface area contributed by atoms with E-state index in [9.17, 15) is 9.59 Å². The third-order valence-electron chi connectivity index (χ3n) is 1.39.